The summed E-state index contributed by atoms with van der Waals surface area (Å²) in [5.41, 5.74) is 3.67. The van der Waals surface area contributed by atoms with E-state index in [1.807, 2.05) is 53.4 Å². The van der Waals surface area contributed by atoms with Crippen LogP contribution in [0.4, 0.5) is 0 Å². The highest BCUT2D eigenvalue weighted by molar-refractivity contribution is 5.98. The summed E-state index contributed by atoms with van der Waals surface area (Å²) in [6.07, 6.45) is 4.75. The monoisotopic (exact) mass is 387 g/mol. The van der Waals surface area contributed by atoms with Gasteiger partial charge in [0.2, 0.25) is 0 Å². The normalized spacial score (nSPS) is 21.0. The van der Waals surface area contributed by atoms with E-state index in [1.165, 1.54) is 0 Å². The number of hydrogen-bond donors (Lipinski definition) is 4. The first-order valence-electron chi connectivity index (χ1n) is 9.31. The molecule has 152 valence electrons. The van der Waals surface area contributed by atoms with Gasteiger partial charge in [-0.15, -0.1) is 0 Å². The number of fused-ring (bicyclic) bond motifs is 1. The number of aliphatic hydroxyl groups excluding tert-OH is 1. The largest absolute Gasteiger partial charge is 0.365 e. The summed E-state index contributed by atoms with van der Waals surface area (Å²) in [4.78, 5) is 16.8. The smallest absolute Gasteiger partial charge is 0.254 e. The van der Waals surface area contributed by atoms with Crippen molar-refractivity contribution in [2.24, 2.45) is 0 Å². The number of methoxy groups -OCH3 is 1. The summed E-state index contributed by atoms with van der Waals surface area (Å²) in [5, 5.41) is 18.6. The topological polar surface area (TPSA) is 89.1 Å². The molecule has 0 bridgehead atoms. The second-order valence-corrected chi connectivity index (χ2v) is 7.01. The minimum atomic E-state index is -0.852. The second kappa shape index (κ2) is 8.85. The van der Waals surface area contributed by atoms with Gasteiger partial charge in [-0.2, -0.15) is 0 Å². The van der Waals surface area contributed by atoms with Crippen LogP contribution < -0.4 is 16.0 Å². The average molecular weight is 387 g/mol. The molecule has 3 rings (SSSR count). The number of carbonyl (C=O) groups is 1. The minimum absolute atomic E-state index is 0.0167. The Morgan fingerprint density at radius 3 is 2.79 bits per heavy atom. The SMILES string of the molecule is CNC(O)NC(NC)c1ccc2c(c1)C(=O)N(CC1=CC(OC)N(C)C=C1)C2. The molecule has 0 saturated heterocycles. The van der Waals surface area contributed by atoms with E-state index in [4.69, 9.17) is 4.74 Å². The highest BCUT2D eigenvalue weighted by Gasteiger charge is 2.29. The number of hydrogen-bond acceptors (Lipinski definition) is 7. The lowest BCUT2D eigenvalue weighted by molar-refractivity contribution is 0.0433. The molecule has 2 aliphatic heterocycles. The standard InChI is InChI=1S/C20H29N5O3/c1-21-18(23-20(27)22-2)14-5-6-15-12-25(19(26)16(15)10-14)11-13-7-8-24(3)17(9-13)28-4/h5-10,17-18,20-23,27H,11-12H2,1-4H3. The van der Waals surface area contributed by atoms with Gasteiger partial charge in [-0.25, -0.2) is 0 Å². The first kappa shape index (κ1) is 20.5. The van der Waals surface area contributed by atoms with Crippen molar-refractivity contribution >= 4 is 5.91 Å². The van der Waals surface area contributed by atoms with E-state index in [0.717, 1.165) is 16.7 Å². The van der Waals surface area contributed by atoms with Gasteiger partial charge in [-0.1, -0.05) is 12.1 Å². The highest BCUT2D eigenvalue weighted by atomic mass is 16.5. The van der Waals surface area contributed by atoms with E-state index in [0.29, 0.717) is 18.7 Å². The van der Waals surface area contributed by atoms with Gasteiger partial charge >= 0.3 is 0 Å². The molecule has 2 aliphatic rings. The van der Waals surface area contributed by atoms with Crippen molar-refractivity contribution in [3.05, 3.63) is 58.8 Å². The van der Waals surface area contributed by atoms with Crippen molar-refractivity contribution in [3.63, 3.8) is 0 Å². The van der Waals surface area contributed by atoms with Gasteiger partial charge in [-0.3, -0.25) is 15.4 Å². The Kier molecular flexibility index (Phi) is 6.48. The first-order chi connectivity index (χ1) is 13.5. The maximum absolute atomic E-state index is 13.0. The molecule has 0 radical (unpaired) electrons. The van der Waals surface area contributed by atoms with E-state index < -0.39 is 6.35 Å². The van der Waals surface area contributed by atoms with Crippen LogP contribution in [0.1, 0.15) is 27.7 Å². The molecule has 0 spiro atoms. The molecule has 0 fully saturated rings. The Hall–Kier alpha value is -2.23. The fraction of sp³-hybridized carbons (Fsp3) is 0.450. The van der Waals surface area contributed by atoms with Crippen LogP contribution in [0.25, 0.3) is 0 Å². The zero-order valence-electron chi connectivity index (χ0n) is 16.8. The zero-order valence-corrected chi connectivity index (χ0v) is 16.8. The number of carbonyl (C=O) groups excluding carboxylic acids is 1. The van der Waals surface area contributed by atoms with E-state index in [9.17, 15) is 9.90 Å². The Morgan fingerprint density at radius 2 is 2.11 bits per heavy atom. The Morgan fingerprint density at radius 1 is 1.32 bits per heavy atom. The maximum Gasteiger partial charge on any atom is 0.254 e. The Labute approximate surface area is 165 Å². The fourth-order valence-electron chi connectivity index (χ4n) is 3.49. The fourth-order valence-corrected chi connectivity index (χ4v) is 3.49. The molecular formula is C20H29N5O3. The molecule has 8 heteroatoms. The van der Waals surface area contributed by atoms with Crippen molar-refractivity contribution in [1.29, 1.82) is 0 Å². The predicted molar refractivity (Wildman–Crippen MR) is 107 cm³/mol. The van der Waals surface area contributed by atoms with Crippen molar-refractivity contribution in [1.82, 2.24) is 25.8 Å². The van der Waals surface area contributed by atoms with E-state index in [-0.39, 0.29) is 18.3 Å². The summed E-state index contributed by atoms with van der Waals surface area (Å²) in [5.74, 6) is 0.0167. The quantitative estimate of drug-likeness (QED) is 0.477. The molecule has 3 unspecified atom stereocenters. The second-order valence-electron chi connectivity index (χ2n) is 7.01. The third kappa shape index (κ3) is 4.26. The van der Waals surface area contributed by atoms with Crippen LogP contribution in [0.2, 0.25) is 0 Å². The molecule has 4 N–H and O–H groups in total. The van der Waals surface area contributed by atoms with Gasteiger partial charge in [0.05, 0.1) is 6.17 Å². The number of likely N-dealkylation sites (N-methyl/N-ethyl adjacent to an activating group) is 1. The number of aliphatic hydroxyl groups is 1. The van der Waals surface area contributed by atoms with Gasteiger partial charge in [0.25, 0.3) is 5.91 Å². The molecule has 28 heavy (non-hydrogen) atoms. The maximum atomic E-state index is 13.0. The van der Waals surface area contributed by atoms with Crippen LogP contribution in [0.15, 0.2) is 42.1 Å². The third-order valence-electron chi connectivity index (χ3n) is 5.13. The summed E-state index contributed by atoms with van der Waals surface area (Å²) in [6, 6.07) is 5.85. The summed E-state index contributed by atoms with van der Waals surface area (Å²) < 4.78 is 5.44. The number of nitrogens with zero attached hydrogens (tertiary/aromatic N) is 2. The molecule has 0 saturated carbocycles. The van der Waals surface area contributed by atoms with Crippen LogP contribution in [0, 0.1) is 0 Å². The first-order valence-corrected chi connectivity index (χ1v) is 9.31. The molecule has 0 aliphatic carbocycles. The van der Waals surface area contributed by atoms with Gasteiger partial charge in [0.1, 0.15) is 6.23 Å². The van der Waals surface area contributed by atoms with Crippen LogP contribution in [0.5, 0.6) is 0 Å². The molecule has 2 heterocycles. The molecule has 1 aromatic rings. The van der Waals surface area contributed by atoms with Crippen molar-refractivity contribution < 1.29 is 14.6 Å². The lowest BCUT2D eigenvalue weighted by Crippen LogP contribution is -2.45. The van der Waals surface area contributed by atoms with Crippen molar-refractivity contribution in [2.45, 2.75) is 25.3 Å². The average Bonchev–Trinajstić information content (AvgIpc) is 3.02. The van der Waals surface area contributed by atoms with Crippen molar-refractivity contribution in [3.8, 4) is 0 Å². The number of benzene rings is 1. The van der Waals surface area contributed by atoms with Gasteiger partial charge < -0.3 is 25.0 Å². The van der Waals surface area contributed by atoms with Crippen LogP contribution in [-0.2, 0) is 11.3 Å². The van der Waals surface area contributed by atoms with Crippen LogP contribution in [-0.4, -0.2) is 68.2 Å². The molecular weight excluding hydrogens is 358 g/mol. The molecule has 3 atom stereocenters. The summed E-state index contributed by atoms with van der Waals surface area (Å²) in [6.45, 7) is 1.13. The number of rotatable bonds is 8. The Balaban J connectivity index is 1.74. The summed E-state index contributed by atoms with van der Waals surface area (Å²) >= 11 is 0. The minimum Gasteiger partial charge on any atom is -0.365 e. The van der Waals surface area contributed by atoms with E-state index >= 15 is 0 Å². The van der Waals surface area contributed by atoms with Gasteiger partial charge in [0, 0.05) is 39.0 Å². The molecule has 8 nitrogen and oxygen atoms in total. The number of nitrogens with one attached hydrogen (secondary N) is 3. The van der Waals surface area contributed by atoms with Crippen molar-refractivity contribution in [2.75, 3.05) is 34.8 Å². The third-order valence-corrected chi connectivity index (χ3v) is 5.13. The summed E-state index contributed by atoms with van der Waals surface area (Å²) in [7, 11) is 7.08. The van der Waals surface area contributed by atoms with Gasteiger partial charge in [-0.05, 0) is 49.0 Å². The zero-order chi connectivity index (χ0) is 20.3. The van der Waals surface area contributed by atoms with E-state index in [1.54, 1.807) is 21.2 Å². The number of ether oxygens (including phenoxy) is 1. The lowest BCUT2D eigenvalue weighted by atomic mass is 10.0. The predicted octanol–water partition coefficient (Wildman–Crippen LogP) is 0.303. The van der Waals surface area contributed by atoms with Crippen LogP contribution >= 0.6 is 0 Å². The Bertz CT molecular complexity index is 779. The number of amides is 1. The van der Waals surface area contributed by atoms with Crippen LogP contribution in [0.3, 0.4) is 0 Å². The molecule has 1 amide bonds. The lowest BCUT2D eigenvalue weighted by Gasteiger charge is -2.28. The molecule has 1 aromatic carbocycles. The molecule has 0 aromatic heterocycles. The highest BCUT2D eigenvalue weighted by Crippen LogP contribution is 2.27. The van der Waals surface area contributed by atoms with Gasteiger partial charge in [0.15, 0.2) is 6.35 Å². The van der Waals surface area contributed by atoms with E-state index in [2.05, 4.69) is 16.0 Å².